The molecule has 1 heterocycles. The van der Waals surface area contributed by atoms with Crippen LogP contribution in [0.1, 0.15) is 0 Å². The normalized spacial score (nSPS) is 10.5. The van der Waals surface area contributed by atoms with E-state index in [0.29, 0.717) is 10.0 Å². The Hall–Kier alpha value is -0.160. The summed E-state index contributed by atoms with van der Waals surface area (Å²) in [6.07, 6.45) is 0. The molecule has 1 aromatic heterocycles. The Balaban J connectivity index is 2.55. The smallest absolute Gasteiger partial charge is 0.137 e. The van der Waals surface area contributed by atoms with E-state index in [-0.39, 0.29) is 0 Å². The van der Waals surface area contributed by atoms with Crippen LogP contribution in [-0.4, -0.2) is 10.2 Å². The topological polar surface area (TPSA) is 25.8 Å². The highest BCUT2D eigenvalue weighted by molar-refractivity contribution is 9.11. The van der Waals surface area contributed by atoms with Gasteiger partial charge in [-0.1, -0.05) is 34.5 Å². The minimum absolute atomic E-state index is 0.623. The van der Waals surface area contributed by atoms with Crippen LogP contribution in [0, 0.1) is 0 Å². The molecular weight excluding hydrogens is 307 g/mol. The molecule has 0 aliphatic heterocycles. The summed E-state index contributed by atoms with van der Waals surface area (Å²) in [6, 6.07) is 5.26. The van der Waals surface area contributed by atoms with Gasteiger partial charge in [-0.2, -0.15) is 0 Å². The quantitative estimate of drug-likeness (QED) is 0.786. The Morgan fingerprint density at radius 3 is 2.64 bits per heavy atom. The van der Waals surface area contributed by atoms with Crippen molar-refractivity contribution in [3.05, 3.63) is 32.2 Å². The van der Waals surface area contributed by atoms with Gasteiger partial charge in [0.15, 0.2) is 3.92 Å². The molecule has 0 saturated heterocycles. The molecule has 0 unspecified atom stereocenters. The first kappa shape index (κ1) is 10.4. The molecule has 1 aromatic carbocycles. The molecule has 0 bridgehead atoms. The molecule has 2 aromatic rings. The van der Waals surface area contributed by atoms with Crippen molar-refractivity contribution in [3.63, 3.8) is 0 Å². The highest BCUT2D eigenvalue weighted by atomic mass is 79.9. The Kier molecular flexibility index (Phi) is 3.07. The number of nitrogens with zero attached hydrogens (tertiary/aromatic N) is 2. The largest absolute Gasteiger partial charge is 0.183 e. The van der Waals surface area contributed by atoms with Gasteiger partial charge in [0, 0.05) is 10.6 Å². The van der Waals surface area contributed by atoms with E-state index in [1.807, 2.05) is 0 Å². The predicted octanol–water partition coefficient (Wildman–Crippen LogP) is 4.27. The third-order valence-corrected chi connectivity index (χ3v) is 3.51. The second-order valence-electron chi connectivity index (χ2n) is 2.48. The lowest BCUT2D eigenvalue weighted by molar-refractivity contribution is 1.08. The lowest BCUT2D eigenvalue weighted by atomic mass is 10.2. The lowest BCUT2D eigenvalue weighted by Gasteiger charge is -1.99. The van der Waals surface area contributed by atoms with Gasteiger partial charge in [-0.15, -0.1) is 10.2 Å². The van der Waals surface area contributed by atoms with Gasteiger partial charge in [-0.05, 0) is 34.1 Å². The van der Waals surface area contributed by atoms with Crippen LogP contribution in [0.15, 0.2) is 22.1 Å². The molecule has 0 N–H and O–H groups in total. The molecule has 0 spiro atoms. The summed E-state index contributed by atoms with van der Waals surface area (Å²) < 4.78 is 0.726. The Bertz CT molecular complexity index is 472. The van der Waals surface area contributed by atoms with Crippen LogP contribution in [0.25, 0.3) is 10.6 Å². The Labute approximate surface area is 103 Å². The Morgan fingerprint density at radius 2 is 2.00 bits per heavy atom. The first-order valence-corrected chi connectivity index (χ1v) is 5.98. The van der Waals surface area contributed by atoms with Crippen molar-refractivity contribution in [2.75, 3.05) is 0 Å². The van der Waals surface area contributed by atoms with Crippen LogP contribution in [0.4, 0.5) is 0 Å². The average molecular weight is 310 g/mol. The van der Waals surface area contributed by atoms with Crippen molar-refractivity contribution in [1.82, 2.24) is 10.2 Å². The van der Waals surface area contributed by atoms with E-state index < -0.39 is 0 Å². The van der Waals surface area contributed by atoms with Gasteiger partial charge in [-0.3, -0.25) is 0 Å². The van der Waals surface area contributed by atoms with Crippen molar-refractivity contribution in [2.45, 2.75) is 0 Å². The zero-order chi connectivity index (χ0) is 10.1. The minimum Gasteiger partial charge on any atom is -0.137 e. The highest BCUT2D eigenvalue weighted by Gasteiger charge is 2.09. The summed E-state index contributed by atoms with van der Waals surface area (Å²) >= 11 is 16.5. The van der Waals surface area contributed by atoms with Crippen molar-refractivity contribution in [3.8, 4) is 10.6 Å². The minimum atomic E-state index is 0.623. The van der Waals surface area contributed by atoms with Gasteiger partial charge >= 0.3 is 0 Å². The van der Waals surface area contributed by atoms with Gasteiger partial charge in [0.1, 0.15) is 5.01 Å². The fraction of sp³-hybridized carbons (Fsp3) is 0. The maximum Gasteiger partial charge on any atom is 0.183 e. The number of rotatable bonds is 1. The molecule has 0 radical (unpaired) electrons. The van der Waals surface area contributed by atoms with Crippen LogP contribution < -0.4 is 0 Å². The van der Waals surface area contributed by atoms with Crippen LogP contribution in [0.5, 0.6) is 0 Å². The summed E-state index contributed by atoms with van der Waals surface area (Å²) in [6.45, 7) is 0. The molecule has 72 valence electrons. The number of halogens is 3. The average Bonchev–Trinajstić information content (AvgIpc) is 2.56. The van der Waals surface area contributed by atoms with Gasteiger partial charge in [-0.25, -0.2) is 0 Å². The molecule has 0 saturated carbocycles. The summed E-state index contributed by atoms with van der Waals surface area (Å²) in [4.78, 5) is 0. The molecule has 0 aliphatic rings. The van der Waals surface area contributed by atoms with E-state index in [1.54, 1.807) is 18.2 Å². The Morgan fingerprint density at radius 1 is 1.21 bits per heavy atom. The third-order valence-electron chi connectivity index (χ3n) is 1.56. The number of aromatic nitrogens is 2. The van der Waals surface area contributed by atoms with E-state index >= 15 is 0 Å². The van der Waals surface area contributed by atoms with E-state index in [9.17, 15) is 0 Å². The van der Waals surface area contributed by atoms with Crippen LogP contribution in [-0.2, 0) is 0 Å². The zero-order valence-corrected chi connectivity index (χ0v) is 10.6. The molecule has 0 aliphatic carbocycles. The first-order chi connectivity index (χ1) is 6.66. The van der Waals surface area contributed by atoms with Crippen LogP contribution >= 0.6 is 50.5 Å². The summed E-state index contributed by atoms with van der Waals surface area (Å²) in [5, 5.41) is 9.83. The van der Waals surface area contributed by atoms with Crippen molar-refractivity contribution in [2.24, 2.45) is 0 Å². The van der Waals surface area contributed by atoms with Crippen LogP contribution in [0.2, 0.25) is 10.0 Å². The maximum absolute atomic E-state index is 6.00. The summed E-state index contributed by atoms with van der Waals surface area (Å²) in [5.41, 5.74) is 0.808. The van der Waals surface area contributed by atoms with Gasteiger partial charge in [0.05, 0.1) is 5.02 Å². The van der Waals surface area contributed by atoms with E-state index in [4.69, 9.17) is 23.2 Å². The number of hydrogen-bond donors (Lipinski definition) is 0. The molecule has 0 amide bonds. The van der Waals surface area contributed by atoms with Gasteiger partial charge in [0.25, 0.3) is 0 Å². The van der Waals surface area contributed by atoms with E-state index in [0.717, 1.165) is 14.5 Å². The standard InChI is InChI=1S/C8H3BrCl2N2S/c9-8-13-12-7(14-8)5-3-4(10)1-2-6(5)11/h1-3H. The van der Waals surface area contributed by atoms with Gasteiger partial charge in [0.2, 0.25) is 0 Å². The molecule has 2 nitrogen and oxygen atoms in total. The van der Waals surface area contributed by atoms with Crippen molar-refractivity contribution >= 4 is 50.5 Å². The summed E-state index contributed by atoms with van der Waals surface area (Å²) in [5.74, 6) is 0. The van der Waals surface area contributed by atoms with Crippen molar-refractivity contribution in [1.29, 1.82) is 0 Å². The van der Waals surface area contributed by atoms with Crippen molar-refractivity contribution < 1.29 is 0 Å². The second-order valence-corrected chi connectivity index (χ2v) is 5.58. The first-order valence-electron chi connectivity index (χ1n) is 3.61. The maximum atomic E-state index is 6.00. The van der Waals surface area contributed by atoms with E-state index in [2.05, 4.69) is 26.1 Å². The monoisotopic (exact) mass is 308 g/mol. The molecule has 6 heteroatoms. The fourth-order valence-corrected chi connectivity index (χ4v) is 2.55. The second kappa shape index (κ2) is 4.14. The summed E-state index contributed by atoms with van der Waals surface area (Å²) in [7, 11) is 0. The molecule has 0 atom stereocenters. The molecule has 0 fully saturated rings. The number of hydrogen-bond acceptors (Lipinski definition) is 3. The van der Waals surface area contributed by atoms with Crippen LogP contribution in [0.3, 0.4) is 0 Å². The van der Waals surface area contributed by atoms with Gasteiger partial charge < -0.3 is 0 Å². The highest BCUT2D eigenvalue weighted by Crippen LogP contribution is 2.33. The fourth-order valence-electron chi connectivity index (χ4n) is 0.976. The molecular formula is C8H3BrCl2N2S. The lowest BCUT2D eigenvalue weighted by Crippen LogP contribution is -1.78. The third kappa shape index (κ3) is 2.08. The SMILES string of the molecule is Clc1ccc(Cl)c(-c2nnc(Br)s2)c1. The predicted molar refractivity (Wildman–Crippen MR) is 63.1 cm³/mol. The zero-order valence-electron chi connectivity index (χ0n) is 6.67. The number of benzene rings is 1. The molecule has 2 rings (SSSR count). The molecule has 14 heavy (non-hydrogen) atoms. The van der Waals surface area contributed by atoms with E-state index in [1.165, 1.54) is 11.3 Å².